The first kappa shape index (κ1) is 13.5. The lowest BCUT2D eigenvalue weighted by atomic mass is 10.3. The smallest absolute Gasteiger partial charge is 0.161 e. The van der Waals surface area contributed by atoms with Gasteiger partial charge in [-0.25, -0.2) is 0 Å². The molecule has 0 amide bonds. The Hall–Kier alpha value is -1.52. The van der Waals surface area contributed by atoms with E-state index < -0.39 is 0 Å². The molecule has 1 aromatic carbocycles. The molecule has 0 spiro atoms. The minimum atomic E-state index is -0.0171. The molecule has 0 aromatic heterocycles. The van der Waals surface area contributed by atoms with Crippen molar-refractivity contribution in [3.63, 3.8) is 0 Å². The topological polar surface area (TPSA) is 47.9 Å². The van der Waals surface area contributed by atoms with Crippen molar-refractivity contribution in [2.45, 2.75) is 0 Å². The van der Waals surface area contributed by atoms with E-state index in [-0.39, 0.29) is 13.2 Å². The van der Waals surface area contributed by atoms with Gasteiger partial charge in [-0.15, -0.1) is 6.58 Å². The Labute approximate surface area is 101 Å². The molecule has 4 heteroatoms. The first-order valence-corrected chi connectivity index (χ1v) is 5.52. The van der Waals surface area contributed by atoms with Crippen molar-refractivity contribution in [1.82, 2.24) is 0 Å². The summed E-state index contributed by atoms with van der Waals surface area (Å²) in [5.41, 5.74) is 0. The second kappa shape index (κ2) is 8.61. The zero-order valence-electron chi connectivity index (χ0n) is 9.80. The van der Waals surface area contributed by atoms with E-state index in [1.807, 2.05) is 18.2 Å². The van der Waals surface area contributed by atoms with Crippen molar-refractivity contribution >= 4 is 0 Å². The van der Waals surface area contributed by atoms with E-state index >= 15 is 0 Å². The number of hydrogen-bond donors (Lipinski definition) is 1. The van der Waals surface area contributed by atoms with Gasteiger partial charge in [-0.05, 0) is 12.1 Å². The largest absolute Gasteiger partial charge is 0.487 e. The Morgan fingerprint density at radius 1 is 1.06 bits per heavy atom. The predicted molar refractivity (Wildman–Crippen MR) is 65.5 cm³/mol. The van der Waals surface area contributed by atoms with Crippen molar-refractivity contribution in [3.8, 4) is 11.5 Å². The monoisotopic (exact) mass is 238 g/mol. The average molecular weight is 238 g/mol. The van der Waals surface area contributed by atoms with Gasteiger partial charge in [0.25, 0.3) is 0 Å². The van der Waals surface area contributed by atoms with E-state index in [4.69, 9.17) is 19.3 Å². The van der Waals surface area contributed by atoms with Gasteiger partial charge in [0.15, 0.2) is 11.5 Å². The zero-order chi connectivity index (χ0) is 12.3. The first-order valence-electron chi connectivity index (χ1n) is 5.52. The molecule has 0 bridgehead atoms. The number of benzene rings is 1. The molecule has 4 nitrogen and oxygen atoms in total. The fourth-order valence-electron chi connectivity index (χ4n) is 1.22. The van der Waals surface area contributed by atoms with Crippen LogP contribution in [0.3, 0.4) is 0 Å². The quantitative estimate of drug-likeness (QED) is 0.525. The lowest BCUT2D eigenvalue weighted by molar-refractivity contribution is 0.118. The molecule has 1 rings (SSSR count). The molecule has 0 fully saturated rings. The summed E-state index contributed by atoms with van der Waals surface area (Å²) in [6, 6.07) is 7.34. The molecule has 0 unspecified atom stereocenters. The van der Waals surface area contributed by atoms with E-state index in [0.29, 0.717) is 31.3 Å². The van der Waals surface area contributed by atoms with Crippen LogP contribution in [0.15, 0.2) is 36.9 Å². The Balaban J connectivity index is 2.37. The Kier molecular flexibility index (Phi) is 6.86. The second-order valence-corrected chi connectivity index (χ2v) is 3.23. The van der Waals surface area contributed by atoms with Crippen molar-refractivity contribution in [1.29, 1.82) is 0 Å². The van der Waals surface area contributed by atoms with Gasteiger partial charge < -0.3 is 19.3 Å². The Morgan fingerprint density at radius 3 is 2.29 bits per heavy atom. The molecule has 0 saturated carbocycles. The SMILES string of the molecule is C=CCOCCOc1ccccc1OCCO. The van der Waals surface area contributed by atoms with E-state index in [9.17, 15) is 0 Å². The number of hydrogen-bond acceptors (Lipinski definition) is 4. The number of aliphatic hydroxyl groups is 1. The lowest BCUT2D eigenvalue weighted by Crippen LogP contribution is -2.08. The highest BCUT2D eigenvalue weighted by molar-refractivity contribution is 5.39. The highest BCUT2D eigenvalue weighted by atomic mass is 16.5. The maximum absolute atomic E-state index is 8.70. The van der Waals surface area contributed by atoms with Gasteiger partial charge in [0.05, 0.1) is 19.8 Å². The highest BCUT2D eigenvalue weighted by Crippen LogP contribution is 2.26. The minimum absolute atomic E-state index is 0.0171. The van der Waals surface area contributed by atoms with Crippen molar-refractivity contribution in [2.75, 3.05) is 33.0 Å². The molecule has 0 saturated heterocycles. The molecule has 1 aromatic rings. The fraction of sp³-hybridized carbons (Fsp3) is 0.385. The van der Waals surface area contributed by atoms with Crippen LogP contribution >= 0.6 is 0 Å². The maximum Gasteiger partial charge on any atom is 0.161 e. The van der Waals surface area contributed by atoms with Gasteiger partial charge in [0, 0.05) is 0 Å². The molecule has 0 atom stereocenters. The Morgan fingerprint density at radius 2 is 1.71 bits per heavy atom. The standard InChI is InChI=1S/C13H18O4/c1-2-8-15-10-11-17-13-6-4-3-5-12(13)16-9-7-14/h2-6,14H,1,7-11H2. The third-order valence-electron chi connectivity index (χ3n) is 1.92. The van der Waals surface area contributed by atoms with Gasteiger partial charge in [-0.2, -0.15) is 0 Å². The summed E-state index contributed by atoms with van der Waals surface area (Å²) in [6.07, 6.45) is 1.69. The zero-order valence-corrected chi connectivity index (χ0v) is 9.80. The van der Waals surface area contributed by atoms with E-state index in [0.717, 1.165) is 0 Å². The van der Waals surface area contributed by atoms with Crippen LogP contribution in [0.1, 0.15) is 0 Å². The Bertz CT molecular complexity index is 325. The van der Waals surface area contributed by atoms with Gasteiger partial charge >= 0.3 is 0 Å². The molecule has 0 heterocycles. The minimum Gasteiger partial charge on any atom is -0.487 e. The van der Waals surface area contributed by atoms with Crippen LogP contribution in [0.4, 0.5) is 0 Å². The number of aliphatic hydroxyl groups excluding tert-OH is 1. The third kappa shape index (κ3) is 5.38. The van der Waals surface area contributed by atoms with E-state index in [1.165, 1.54) is 0 Å². The summed E-state index contributed by atoms with van der Waals surface area (Å²) in [5, 5.41) is 8.70. The molecule has 0 aliphatic carbocycles. The maximum atomic E-state index is 8.70. The summed E-state index contributed by atoms with van der Waals surface area (Å²) >= 11 is 0. The number of rotatable bonds is 9. The molecule has 17 heavy (non-hydrogen) atoms. The molecule has 0 aliphatic rings. The van der Waals surface area contributed by atoms with Crippen LogP contribution in [-0.4, -0.2) is 38.1 Å². The van der Waals surface area contributed by atoms with Crippen molar-refractivity contribution in [2.24, 2.45) is 0 Å². The summed E-state index contributed by atoms with van der Waals surface area (Å²) in [4.78, 5) is 0. The van der Waals surface area contributed by atoms with Gasteiger partial charge in [-0.3, -0.25) is 0 Å². The van der Waals surface area contributed by atoms with E-state index in [1.54, 1.807) is 12.1 Å². The lowest BCUT2D eigenvalue weighted by Gasteiger charge is -2.11. The van der Waals surface area contributed by atoms with Crippen LogP contribution in [0, 0.1) is 0 Å². The normalized spacial score (nSPS) is 9.94. The molecule has 1 N–H and O–H groups in total. The number of ether oxygens (including phenoxy) is 3. The molecule has 0 aliphatic heterocycles. The second-order valence-electron chi connectivity index (χ2n) is 3.23. The van der Waals surface area contributed by atoms with Crippen LogP contribution < -0.4 is 9.47 Å². The highest BCUT2D eigenvalue weighted by Gasteiger charge is 2.03. The van der Waals surface area contributed by atoms with Gasteiger partial charge in [0.2, 0.25) is 0 Å². The van der Waals surface area contributed by atoms with Crippen LogP contribution in [0.2, 0.25) is 0 Å². The molecular weight excluding hydrogens is 220 g/mol. The van der Waals surface area contributed by atoms with E-state index in [2.05, 4.69) is 6.58 Å². The summed E-state index contributed by atoms with van der Waals surface area (Å²) in [5.74, 6) is 1.29. The van der Waals surface area contributed by atoms with Gasteiger partial charge in [0.1, 0.15) is 13.2 Å². The average Bonchev–Trinajstić information content (AvgIpc) is 2.37. The van der Waals surface area contributed by atoms with Crippen molar-refractivity contribution < 1.29 is 19.3 Å². The first-order chi connectivity index (χ1) is 8.38. The summed E-state index contributed by atoms with van der Waals surface area (Å²) in [6.45, 7) is 5.27. The van der Waals surface area contributed by atoms with Crippen molar-refractivity contribution in [3.05, 3.63) is 36.9 Å². The summed E-state index contributed by atoms with van der Waals surface area (Å²) in [7, 11) is 0. The molecule has 94 valence electrons. The number of para-hydroxylation sites is 2. The molecular formula is C13H18O4. The van der Waals surface area contributed by atoms with Crippen LogP contribution in [-0.2, 0) is 4.74 Å². The predicted octanol–water partition coefficient (Wildman–Crippen LogP) is 1.64. The molecule has 0 radical (unpaired) electrons. The van der Waals surface area contributed by atoms with Crippen LogP contribution in [0.25, 0.3) is 0 Å². The van der Waals surface area contributed by atoms with Gasteiger partial charge in [-0.1, -0.05) is 18.2 Å². The summed E-state index contributed by atoms with van der Waals surface area (Å²) < 4.78 is 16.0. The fourth-order valence-corrected chi connectivity index (χ4v) is 1.22. The third-order valence-corrected chi connectivity index (χ3v) is 1.92. The van der Waals surface area contributed by atoms with Crippen LogP contribution in [0.5, 0.6) is 11.5 Å².